The maximum Gasteiger partial charge on any atom is 0.367 e. The fourth-order valence-corrected chi connectivity index (χ4v) is 2.99. The van der Waals surface area contributed by atoms with E-state index in [4.69, 9.17) is 16.0 Å². The quantitative estimate of drug-likeness (QED) is 0.504. The van der Waals surface area contributed by atoms with Crippen LogP contribution in [0.2, 0.25) is 0 Å². The molecule has 1 aromatic heterocycles. The zero-order valence-corrected chi connectivity index (χ0v) is 16.1. The summed E-state index contributed by atoms with van der Waals surface area (Å²) < 4.78 is 5.89. The van der Waals surface area contributed by atoms with E-state index in [0.717, 1.165) is 15.6 Å². The first kappa shape index (κ1) is 17.0. The van der Waals surface area contributed by atoms with Crippen LogP contribution in [0.3, 0.4) is 0 Å². The minimum Gasteiger partial charge on any atom is -0.379 e. The molecule has 0 saturated carbocycles. The van der Waals surface area contributed by atoms with Crippen LogP contribution in [0, 0.1) is 4.77 Å². The number of H-pyrrole nitrogens is 1. The second kappa shape index (κ2) is 7.38. The van der Waals surface area contributed by atoms with E-state index in [-0.39, 0.29) is 10.5 Å². The number of rotatable bonds is 3. The zero-order valence-electron chi connectivity index (χ0n) is 12.1. The van der Waals surface area contributed by atoms with Gasteiger partial charge in [-0.3, -0.25) is 0 Å². The predicted octanol–water partition coefficient (Wildman–Crippen LogP) is 5.70. The molecule has 1 heterocycles. The van der Waals surface area contributed by atoms with Crippen molar-refractivity contribution in [3.05, 3.63) is 69.5 Å². The van der Waals surface area contributed by atoms with E-state index in [2.05, 4.69) is 42.2 Å². The van der Waals surface area contributed by atoms with Gasteiger partial charge in [-0.15, -0.1) is 0 Å². The number of hydrogen-bond acceptors (Lipinski definition) is 4. The lowest BCUT2D eigenvalue weighted by atomic mass is 9.97. The summed E-state index contributed by atoms with van der Waals surface area (Å²) in [4.78, 5) is 19.5. The average molecular weight is 466 g/mol. The molecule has 0 atom stereocenters. The number of aromatic nitrogens is 2. The van der Waals surface area contributed by atoms with E-state index < -0.39 is 5.97 Å². The Kier molecular flexibility index (Phi) is 5.23. The minimum atomic E-state index is -0.569. The molecule has 0 bridgehead atoms. The highest BCUT2D eigenvalue weighted by molar-refractivity contribution is 9.10. The second-order valence-corrected chi connectivity index (χ2v) is 6.50. The highest BCUT2D eigenvalue weighted by atomic mass is 79.9. The first-order valence-corrected chi connectivity index (χ1v) is 8.73. The van der Waals surface area contributed by atoms with Crippen molar-refractivity contribution in [1.29, 1.82) is 0 Å². The van der Waals surface area contributed by atoms with Gasteiger partial charge in [0.2, 0.25) is 0 Å². The highest BCUT2D eigenvalue weighted by Crippen LogP contribution is 2.33. The van der Waals surface area contributed by atoms with Gasteiger partial charge in [0.15, 0.2) is 21.0 Å². The maximum atomic E-state index is 12.2. The van der Waals surface area contributed by atoms with Crippen LogP contribution in [0.5, 0.6) is 0 Å². The number of carbonyl (C=O) groups excluding carboxylic acids is 1. The molecule has 0 aliphatic rings. The third-order valence-electron chi connectivity index (χ3n) is 3.39. The Morgan fingerprint density at radius 1 is 1.04 bits per heavy atom. The van der Waals surface area contributed by atoms with Gasteiger partial charge in [0.1, 0.15) is 5.69 Å². The molecule has 0 aliphatic heterocycles. The van der Waals surface area contributed by atoms with E-state index in [1.54, 1.807) is 0 Å². The van der Waals surface area contributed by atoms with Gasteiger partial charge in [0.25, 0.3) is 0 Å². The monoisotopic (exact) mass is 464 g/mol. The molecule has 7 heteroatoms. The van der Waals surface area contributed by atoms with Crippen LogP contribution in [0.25, 0.3) is 22.4 Å². The Hall–Kier alpha value is -1.83. The molecule has 3 rings (SSSR count). The average Bonchev–Trinajstić information content (AvgIpc) is 2.61. The van der Waals surface area contributed by atoms with Crippen LogP contribution in [-0.2, 0) is 3.83 Å². The number of benzene rings is 2. The summed E-state index contributed by atoms with van der Waals surface area (Å²) in [7, 11) is 0. The van der Waals surface area contributed by atoms with E-state index in [0.29, 0.717) is 11.3 Å². The first-order valence-electron chi connectivity index (χ1n) is 6.88. The molecule has 0 saturated heterocycles. The first-order chi connectivity index (χ1) is 11.6. The lowest BCUT2D eigenvalue weighted by molar-refractivity contribution is 0.0776. The van der Waals surface area contributed by atoms with Gasteiger partial charge in [-0.1, -0.05) is 58.4 Å². The summed E-state index contributed by atoms with van der Waals surface area (Å²) in [6, 6.07) is 17.2. The smallest absolute Gasteiger partial charge is 0.367 e. The standard InChI is InChI=1S/C17H10Br2N2O2S/c18-12-8-6-11(7-9-12)14-13(10-4-2-1-3-5-10)15(16(22)23-19)21-17(24)20-14/h1-9H,(H,20,21,24). The summed E-state index contributed by atoms with van der Waals surface area (Å²) >= 11 is 11.4. The van der Waals surface area contributed by atoms with E-state index in [1.807, 2.05) is 54.6 Å². The summed E-state index contributed by atoms with van der Waals surface area (Å²) in [5.41, 5.74) is 3.18. The van der Waals surface area contributed by atoms with Gasteiger partial charge in [-0.25, -0.2) is 9.78 Å². The molecule has 0 spiro atoms. The van der Waals surface area contributed by atoms with Crippen molar-refractivity contribution >= 4 is 50.4 Å². The molecule has 4 nitrogen and oxygen atoms in total. The number of nitrogens with zero attached hydrogens (tertiary/aromatic N) is 1. The van der Waals surface area contributed by atoms with Gasteiger partial charge < -0.3 is 8.81 Å². The fraction of sp³-hybridized carbons (Fsp3) is 0. The lowest BCUT2D eigenvalue weighted by Crippen LogP contribution is -2.08. The molecular formula is C17H10Br2N2O2S. The fourth-order valence-electron chi connectivity index (χ4n) is 2.37. The Morgan fingerprint density at radius 2 is 1.71 bits per heavy atom. The molecule has 1 N–H and O–H groups in total. The van der Waals surface area contributed by atoms with Gasteiger partial charge >= 0.3 is 5.97 Å². The number of carbonyl (C=O) groups is 1. The van der Waals surface area contributed by atoms with Crippen molar-refractivity contribution in [1.82, 2.24) is 9.97 Å². The van der Waals surface area contributed by atoms with Crippen molar-refractivity contribution in [2.75, 3.05) is 0 Å². The van der Waals surface area contributed by atoms with Gasteiger partial charge in [-0.05, 0) is 29.9 Å². The summed E-state index contributed by atoms with van der Waals surface area (Å²) in [6.45, 7) is 0. The van der Waals surface area contributed by atoms with Crippen molar-refractivity contribution < 1.29 is 8.62 Å². The highest BCUT2D eigenvalue weighted by Gasteiger charge is 2.21. The molecule has 0 unspecified atom stereocenters. The Morgan fingerprint density at radius 3 is 2.33 bits per heavy atom. The molecule has 0 aliphatic carbocycles. The topological polar surface area (TPSA) is 55.0 Å². The van der Waals surface area contributed by atoms with E-state index in [1.165, 1.54) is 0 Å². The second-order valence-electron chi connectivity index (χ2n) is 4.88. The lowest BCUT2D eigenvalue weighted by Gasteiger charge is -2.13. The summed E-state index contributed by atoms with van der Waals surface area (Å²) in [5, 5.41) is 0. The predicted molar refractivity (Wildman–Crippen MR) is 102 cm³/mol. The molecule has 0 amide bonds. The minimum absolute atomic E-state index is 0.209. The van der Waals surface area contributed by atoms with Gasteiger partial charge in [-0.2, -0.15) is 0 Å². The maximum absolute atomic E-state index is 12.2. The largest absolute Gasteiger partial charge is 0.379 e. The van der Waals surface area contributed by atoms with Gasteiger partial charge in [0.05, 0.1) is 5.69 Å². The normalized spacial score (nSPS) is 10.4. The number of nitrogens with one attached hydrogen (secondary N) is 1. The zero-order chi connectivity index (χ0) is 17.1. The number of hydrogen-bond donors (Lipinski definition) is 1. The van der Waals surface area contributed by atoms with Crippen LogP contribution < -0.4 is 0 Å². The summed E-state index contributed by atoms with van der Waals surface area (Å²) in [5.74, 6) is -0.569. The van der Waals surface area contributed by atoms with Crippen molar-refractivity contribution in [2.24, 2.45) is 0 Å². The van der Waals surface area contributed by atoms with Crippen LogP contribution in [-0.4, -0.2) is 15.9 Å². The Bertz CT molecular complexity index is 941. The Labute approximate surface area is 160 Å². The van der Waals surface area contributed by atoms with Gasteiger partial charge in [0, 0.05) is 15.6 Å². The molecule has 0 radical (unpaired) electrons. The van der Waals surface area contributed by atoms with Crippen LogP contribution in [0.4, 0.5) is 0 Å². The van der Waals surface area contributed by atoms with Crippen LogP contribution >= 0.6 is 44.4 Å². The molecule has 2 aromatic carbocycles. The Balaban J connectivity index is 2.35. The van der Waals surface area contributed by atoms with Crippen LogP contribution in [0.15, 0.2) is 59.1 Å². The SMILES string of the molecule is O=C(OBr)c1[nH]c(=S)nc(-c2ccc(Br)cc2)c1-c1ccccc1. The van der Waals surface area contributed by atoms with E-state index >= 15 is 0 Å². The number of aromatic amines is 1. The number of halogens is 2. The third kappa shape index (κ3) is 3.48. The van der Waals surface area contributed by atoms with Crippen molar-refractivity contribution in [3.63, 3.8) is 0 Å². The molecular weight excluding hydrogens is 456 g/mol. The van der Waals surface area contributed by atoms with Crippen molar-refractivity contribution in [2.45, 2.75) is 0 Å². The molecule has 3 aromatic rings. The van der Waals surface area contributed by atoms with Crippen LogP contribution in [0.1, 0.15) is 10.5 Å². The van der Waals surface area contributed by atoms with Crippen molar-refractivity contribution in [3.8, 4) is 22.4 Å². The molecule has 120 valence electrons. The molecule has 0 fully saturated rings. The summed E-state index contributed by atoms with van der Waals surface area (Å²) in [6.07, 6.45) is 0. The third-order valence-corrected chi connectivity index (χ3v) is 4.40. The molecule has 24 heavy (non-hydrogen) atoms. The van der Waals surface area contributed by atoms with E-state index in [9.17, 15) is 4.79 Å².